The smallest absolute Gasteiger partial charge is 0.194 e. The molecule has 0 spiro atoms. The number of ether oxygens (including phenoxy) is 1. The Morgan fingerprint density at radius 2 is 2.10 bits per heavy atom. The lowest BCUT2D eigenvalue weighted by atomic mass is 9.95. The van der Waals surface area contributed by atoms with Crippen LogP contribution in [0.3, 0.4) is 0 Å². The van der Waals surface area contributed by atoms with E-state index < -0.39 is 5.60 Å². The van der Waals surface area contributed by atoms with Crippen molar-refractivity contribution >= 4 is 17.7 Å². The first-order valence-corrected chi connectivity index (χ1v) is 8.90. The fraction of sp³-hybridized carbons (Fsp3) is 0.933. The van der Waals surface area contributed by atoms with E-state index >= 15 is 0 Å². The predicted octanol–water partition coefficient (Wildman–Crippen LogP) is 1.32. The normalized spacial score (nSPS) is 25.7. The largest absolute Gasteiger partial charge is 0.388 e. The van der Waals surface area contributed by atoms with Crippen LogP contribution in [-0.2, 0) is 4.74 Å². The topological polar surface area (TPSA) is 57.1 Å². The summed E-state index contributed by atoms with van der Waals surface area (Å²) in [6.45, 7) is 11.2. The number of aliphatic hydroxyl groups is 1. The monoisotopic (exact) mass is 315 g/mol. The molecule has 21 heavy (non-hydrogen) atoms. The van der Waals surface area contributed by atoms with E-state index in [2.05, 4.69) is 31.0 Å². The molecule has 0 aromatic carbocycles. The highest BCUT2D eigenvalue weighted by Gasteiger charge is 2.31. The number of thioether (sulfide) groups is 1. The SMILES string of the molecule is CCNC(=NCC1(O)CCOCC1)N1CCSC(C)(C)C1. The van der Waals surface area contributed by atoms with E-state index in [0.717, 1.165) is 31.3 Å². The molecule has 2 N–H and O–H groups in total. The van der Waals surface area contributed by atoms with Crippen molar-refractivity contribution in [3.8, 4) is 0 Å². The molecule has 0 unspecified atom stereocenters. The number of hydrogen-bond donors (Lipinski definition) is 2. The van der Waals surface area contributed by atoms with Crippen LogP contribution in [0.1, 0.15) is 33.6 Å². The van der Waals surface area contributed by atoms with Crippen molar-refractivity contribution < 1.29 is 9.84 Å². The van der Waals surface area contributed by atoms with Gasteiger partial charge in [0.15, 0.2) is 5.96 Å². The van der Waals surface area contributed by atoms with E-state index in [1.54, 1.807) is 0 Å². The van der Waals surface area contributed by atoms with E-state index in [1.807, 2.05) is 11.8 Å². The molecule has 122 valence electrons. The second-order valence-electron chi connectivity index (χ2n) is 6.54. The summed E-state index contributed by atoms with van der Waals surface area (Å²) in [4.78, 5) is 7.04. The lowest BCUT2D eigenvalue weighted by Crippen LogP contribution is -2.51. The zero-order valence-corrected chi connectivity index (χ0v) is 14.3. The Morgan fingerprint density at radius 3 is 2.71 bits per heavy atom. The van der Waals surface area contributed by atoms with Crippen molar-refractivity contribution in [1.29, 1.82) is 0 Å². The number of nitrogens with one attached hydrogen (secondary N) is 1. The summed E-state index contributed by atoms with van der Waals surface area (Å²) in [5.74, 6) is 2.06. The molecule has 6 heteroatoms. The Labute approximate surface area is 132 Å². The Bertz CT molecular complexity index is 368. The van der Waals surface area contributed by atoms with Crippen molar-refractivity contribution in [1.82, 2.24) is 10.2 Å². The highest BCUT2D eigenvalue weighted by molar-refractivity contribution is 8.00. The summed E-state index contributed by atoms with van der Waals surface area (Å²) in [6.07, 6.45) is 1.36. The van der Waals surface area contributed by atoms with Gasteiger partial charge in [-0.25, -0.2) is 0 Å². The highest BCUT2D eigenvalue weighted by atomic mass is 32.2. The van der Waals surface area contributed by atoms with Gasteiger partial charge >= 0.3 is 0 Å². The minimum atomic E-state index is -0.695. The molecule has 2 rings (SSSR count). The first kappa shape index (κ1) is 16.9. The number of aliphatic imine (C=N–C) groups is 1. The summed E-state index contributed by atoms with van der Waals surface area (Å²) in [7, 11) is 0. The van der Waals surface area contributed by atoms with Gasteiger partial charge in [0.05, 0.1) is 12.1 Å². The third-order valence-electron chi connectivity index (χ3n) is 4.01. The van der Waals surface area contributed by atoms with E-state index in [1.165, 1.54) is 0 Å². The van der Waals surface area contributed by atoms with Crippen LogP contribution in [0.25, 0.3) is 0 Å². The molecule has 2 heterocycles. The zero-order valence-electron chi connectivity index (χ0n) is 13.5. The standard InChI is InChI=1S/C15H29N3O2S/c1-4-16-13(18-7-10-21-14(2,3)12-18)17-11-15(19)5-8-20-9-6-15/h19H,4-12H2,1-3H3,(H,16,17). The summed E-state index contributed by atoms with van der Waals surface area (Å²) >= 11 is 2.01. The van der Waals surface area contributed by atoms with Crippen molar-refractivity contribution in [3.05, 3.63) is 0 Å². The molecule has 0 aromatic heterocycles. The van der Waals surface area contributed by atoms with Crippen LogP contribution in [0, 0.1) is 0 Å². The maximum Gasteiger partial charge on any atom is 0.194 e. The molecule has 2 aliphatic rings. The number of rotatable bonds is 3. The van der Waals surface area contributed by atoms with Gasteiger partial charge in [0.25, 0.3) is 0 Å². The Hall–Kier alpha value is -0.460. The molecule has 0 bridgehead atoms. The van der Waals surface area contributed by atoms with Crippen LogP contribution in [-0.4, -0.2) is 71.5 Å². The van der Waals surface area contributed by atoms with Crippen LogP contribution in [0.5, 0.6) is 0 Å². The predicted molar refractivity (Wildman–Crippen MR) is 89.1 cm³/mol. The van der Waals surface area contributed by atoms with Gasteiger partial charge < -0.3 is 20.1 Å². The zero-order chi connectivity index (χ0) is 15.3. The minimum absolute atomic E-state index is 0.254. The van der Waals surface area contributed by atoms with Gasteiger partial charge in [0.1, 0.15) is 0 Å². The average Bonchev–Trinajstić information content (AvgIpc) is 2.43. The third kappa shape index (κ3) is 5.04. The number of guanidine groups is 1. The minimum Gasteiger partial charge on any atom is -0.388 e. The van der Waals surface area contributed by atoms with E-state index in [4.69, 9.17) is 9.73 Å². The van der Waals surface area contributed by atoms with Crippen molar-refractivity contribution in [2.45, 2.75) is 44.0 Å². The maximum absolute atomic E-state index is 10.6. The fourth-order valence-electron chi connectivity index (χ4n) is 2.75. The molecule has 0 aromatic rings. The molecule has 0 saturated carbocycles. The average molecular weight is 315 g/mol. The first-order chi connectivity index (χ1) is 9.94. The van der Waals surface area contributed by atoms with Crippen LogP contribution in [0.2, 0.25) is 0 Å². The maximum atomic E-state index is 10.6. The Morgan fingerprint density at radius 1 is 1.38 bits per heavy atom. The Kier molecular flexibility index (Phi) is 5.80. The Balaban J connectivity index is 2.01. The molecule has 0 radical (unpaired) electrons. The molecule has 2 saturated heterocycles. The summed E-state index contributed by atoms with van der Waals surface area (Å²) < 4.78 is 5.58. The van der Waals surface area contributed by atoms with Crippen LogP contribution in [0.4, 0.5) is 0 Å². The van der Waals surface area contributed by atoms with Crippen LogP contribution >= 0.6 is 11.8 Å². The van der Waals surface area contributed by atoms with Gasteiger partial charge in [-0.1, -0.05) is 0 Å². The van der Waals surface area contributed by atoms with Gasteiger partial charge in [0, 0.05) is 56.2 Å². The highest BCUT2D eigenvalue weighted by Crippen LogP contribution is 2.29. The molecule has 0 aliphatic carbocycles. The molecule has 0 atom stereocenters. The van der Waals surface area contributed by atoms with E-state index in [9.17, 15) is 5.11 Å². The molecule has 5 nitrogen and oxygen atoms in total. The third-order valence-corrected chi connectivity index (χ3v) is 5.30. The van der Waals surface area contributed by atoms with E-state index in [-0.39, 0.29) is 4.75 Å². The van der Waals surface area contributed by atoms with Gasteiger partial charge in [0.2, 0.25) is 0 Å². The second-order valence-corrected chi connectivity index (χ2v) is 8.34. The van der Waals surface area contributed by atoms with E-state index in [0.29, 0.717) is 32.6 Å². The van der Waals surface area contributed by atoms with Gasteiger partial charge in [-0.15, -0.1) is 0 Å². The van der Waals surface area contributed by atoms with Gasteiger partial charge in [-0.3, -0.25) is 4.99 Å². The van der Waals surface area contributed by atoms with Gasteiger partial charge in [-0.2, -0.15) is 11.8 Å². The molecular formula is C15H29N3O2S. The molecule has 2 fully saturated rings. The summed E-state index contributed by atoms with van der Waals surface area (Å²) in [5.41, 5.74) is -0.695. The lowest BCUT2D eigenvalue weighted by Gasteiger charge is -2.39. The summed E-state index contributed by atoms with van der Waals surface area (Å²) in [6, 6.07) is 0. The quantitative estimate of drug-likeness (QED) is 0.608. The van der Waals surface area contributed by atoms with Crippen molar-refractivity contribution in [2.75, 3.05) is 45.1 Å². The van der Waals surface area contributed by atoms with Crippen molar-refractivity contribution in [2.24, 2.45) is 4.99 Å². The number of hydrogen-bond acceptors (Lipinski definition) is 4. The van der Waals surface area contributed by atoms with Gasteiger partial charge in [-0.05, 0) is 20.8 Å². The fourth-order valence-corrected chi connectivity index (χ4v) is 3.87. The second kappa shape index (κ2) is 7.20. The van der Waals surface area contributed by atoms with Crippen LogP contribution < -0.4 is 5.32 Å². The summed E-state index contributed by atoms with van der Waals surface area (Å²) in [5, 5.41) is 13.9. The van der Waals surface area contributed by atoms with Crippen LogP contribution in [0.15, 0.2) is 4.99 Å². The molecule has 2 aliphatic heterocycles. The lowest BCUT2D eigenvalue weighted by molar-refractivity contribution is -0.0566. The van der Waals surface area contributed by atoms with Crippen molar-refractivity contribution in [3.63, 3.8) is 0 Å². The number of nitrogens with zero attached hydrogens (tertiary/aromatic N) is 2. The first-order valence-electron chi connectivity index (χ1n) is 7.91. The molecule has 0 amide bonds. The molecular weight excluding hydrogens is 286 g/mol.